The lowest BCUT2D eigenvalue weighted by Gasteiger charge is -2.41. The lowest BCUT2D eigenvalue weighted by molar-refractivity contribution is -0.152. The number of piperidine rings is 2. The maximum atomic E-state index is 14.0. The first kappa shape index (κ1) is 25.6. The van der Waals surface area contributed by atoms with Crippen LogP contribution < -0.4 is 0 Å². The number of likely N-dealkylation sites (tertiary alicyclic amines) is 2. The Hall–Kier alpha value is -2.44. The fourth-order valence-corrected chi connectivity index (χ4v) is 5.61. The molecule has 35 heavy (non-hydrogen) atoms. The van der Waals surface area contributed by atoms with Gasteiger partial charge in [0.05, 0.1) is 18.4 Å². The largest absolute Gasteiger partial charge is 0.466 e. The molecule has 0 N–H and O–H groups in total. The van der Waals surface area contributed by atoms with Crippen molar-refractivity contribution in [3.63, 3.8) is 0 Å². The SMILES string of the molecule is CCOC(=O)[C@@H]1CCCN(C(=O)[C@H]2C[C@H](c3ccc(F)c(C)c3)CN(Cc3ccccc3Cl)C2)C1. The molecular formula is C28H34ClFN2O3. The molecule has 7 heteroatoms. The van der Waals surface area contributed by atoms with E-state index in [1.165, 1.54) is 6.07 Å². The highest BCUT2D eigenvalue weighted by atomic mass is 35.5. The first-order valence-electron chi connectivity index (χ1n) is 12.5. The minimum absolute atomic E-state index is 0.0895. The fraction of sp³-hybridized carbons (Fsp3) is 0.500. The third kappa shape index (κ3) is 6.22. The molecule has 3 atom stereocenters. The van der Waals surface area contributed by atoms with Crippen molar-refractivity contribution in [1.29, 1.82) is 0 Å². The van der Waals surface area contributed by atoms with Crippen LogP contribution in [0.4, 0.5) is 4.39 Å². The van der Waals surface area contributed by atoms with Gasteiger partial charge in [0.1, 0.15) is 5.82 Å². The minimum Gasteiger partial charge on any atom is -0.466 e. The predicted molar refractivity (Wildman–Crippen MR) is 135 cm³/mol. The van der Waals surface area contributed by atoms with Crippen molar-refractivity contribution in [2.45, 2.75) is 45.6 Å². The zero-order chi connectivity index (χ0) is 24.9. The van der Waals surface area contributed by atoms with Crippen LogP contribution in [0.5, 0.6) is 0 Å². The molecule has 0 unspecified atom stereocenters. The van der Waals surface area contributed by atoms with Crippen LogP contribution in [-0.4, -0.2) is 54.5 Å². The van der Waals surface area contributed by atoms with Crippen molar-refractivity contribution in [2.75, 3.05) is 32.8 Å². The maximum Gasteiger partial charge on any atom is 0.310 e. The molecular weight excluding hydrogens is 467 g/mol. The quantitative estimate of drug-likeness (QED) is 0.512. The monoisotopic (exact) mass is 500 g/mol. The highest BCUT2D eigenvalue weighted by molar-refractivity contribution is 6.31. The van der Waals surface area contributed by atoms with E-state index in [1.807, 2.05) is 41.3 Å². The molecule has 2 aliphatic heterocycles. The number of halogens is 2. The number of hydrogen-bond donors (Lipinski definition) is 0. The summed E-state index contributed by atoms with van der Waals surface area (Å²) >= 11 is 6.44. The summed E-state index contributed by atoms with van der Waals surface area (Å²) in [6.07, 6.45) is 2.25. The molecule has 2 fully saturated rings. The average molecular weight is 501 g/mol. The Morgan fingerprint density at radius 2 is 1.91 bits per heavy atom. The van der Waals surface area contributed by atoms with Crippen molar-refractivity contribution >= 4 is 23.5 Å². The van der Waals surface area contributed by atoms with E-state index in [-0.39, 0.29) is 35.4 Å². The lowest BCUT2D eigenvalue weighted by Crippen LogP contribution is -2.50. The summed E-state index contributed by atoms with van der Waals surface area (Å²) in [7, 11) is 0. The van der Waals surface area contributed by atoms with Crippen molar-refractivity contribution in [3.8, 4) is 0 Å². The molecule has 188 valence electrons. The number of hydrogen-bond acceptors (Lipinski definition) is 4. The molecule has 1 amide bonds. The number of amides is 1. The highest BCUT2D eigenvalue weighted by Crippen LogP contribution is 2.34. The van der Waals surface area contributed by atoms with E-state index in [9.17, 15) is 14.0 Å². The Morgan fingerprint density at radius 1 is 1.11 bits per heavy atom. The molecule has 2 aromatic carbocycles. The van der Waals surface area contributed by atoms with Crippen molar-refractivity contribution in [2.24, 2.45) is 11.8 Å². The van der Waals surface area contributed by atoms with Gasteiger partial charge < -0.3 is 9.64 Å². The highest BCUT2D eigenvalue weighted by Gasteiger charge is 2.37. The molecule has 0 spiro atoms. The molecule has 2 heterocycles. The molecule has 2 aliphatic rings. The standard InChI is InChI=1S/C28H34ClFN2O3/c1-3-35-28(34)22-8-6-12-32(18-22)27(33)24-14-23(20-10-11-26(30)19(2)13-20)16-31(17-24)15-21-7-4-5-9-25(21)29/h4-5,7,9-11,13,22-24H,3,6,8,12,14-18H2,1-2H3/t22-,23+,24+/m1/s1. The number of carbonyl (C=O) groups excluding carboxylic acids is 2. The topological polar surface area (TPSA) is 49.9 Å². The van der Waals surface area contributed by atoms with Crippen molar-refractivity contribution < 1.29 is 18.7 Å². The summed E-state index contributed by atoms with van der Waals surface area (Å²) in [5.41, 5.74) is 2.69. The van der Waals surface area contributed by atoms with E-state index in [1.54, 1.807) is 13.8 Å². The van der Waals surface area contributed by atoms with Gasteiger partial charge in [0, 0.05) is 37.7 Å². The average Bonchev–Trinajstić information content (AvgIpc) is 2.86. The first-order chi connectivity index (χ1) is 16.9. The maximum absolute atomic E-state index is 14.0. The van der Waals surface area contributed by atoms with E-state index >= 15 is 0 Å². The third-order valence-electron chi connectivity index (χ3n) is 7.23. The van der Waals surface area contributed by atoms with Gasteiger partial charge in [0.15, 0.2) is 0 Å². The summed E-state index contributed by atoms with van der Waals surface area (Å²) in [5, 5.41) is 0.712. The van der Waals surface area contributed by atoms with E-state index in [0.29, 0.717) is 49.8 Å². The predicted octanol–water partition coefficient (Wildman–Crippen LogP) is 5.19. The van der Waals surface area contributed by atoms with Gasteiger partial charge in [0.25, 0.3) is 0 Å². The van der Waals surface area contributed by atoms with Crippen LogP contribution in [0.25, 0.3) is 0 Å². The number of benzene rings is 2. The summed E-state index contributed by atoms with van der Waals surface area (Å²) in [6, 6.07) is 13.0. The molecule has 0 aromatic heterocycles. The van der Waals surface area contributed by atoms with Gasteiger partial charge in [0.2, 0.25) is 5.91 Å². The minimum atomic E-state index is -0.258. The van der Waals surface area contributed by atoms with Gasteiger partial charge in [-0.05, 0) is 67.9 Å². The van der Waals surface area contributed by atoms with E-state index < -0.39 is 0 Å². The van der Waals surface area contributed by atoms with Gasteiger partial charge in [-0.2, -0.15) is 0 Å². The van der Waals surface area contributed by atoms with E-state index in [0.717, 1.165) is 30.5 Å². The number of aryl methyl sites for hydroxylation is 1. The summed E-state index contributed by atoms with van der Waals surface area (Å²) in [4.78, 5) is 30.1. The van der Waals surface area contributed by atoms with Crippen LogP contribution >= 0.6 is 11.6 Å². The van der Waals surface area contributed by atoms with E-state index in [4.69, 9.17) is 16.3 Å². The summed E-state index contributed by atoms with van der Waals surface area (Å²) < 4.78 is 19.2. The number of ether oxygens (including phenoxy) is 1. The Balaban J connectivity index is 1.54. The number of nitrogens with zero attached hydrogens (tertiary/aromatic N) is 2. The molecule has 2 saturated heterocycles. The van der Waals surface area contributed by atoms with Crippen molar-refractivity contribution in [1.82, 2.24) is 9.80 Å². The van der Waals surface area contributed by atoms with Crippen LogP contribution in [-0.2, 0) is 20.9 Å². The van der Waals surface area contributed by atoms with Crippen LogP contribution in [0.15, 0.2) is 42.5 Å². The first-order valence-corrected chi connectivity index (χ1v) is 12.9. The summed E-state index contributed by atoms with van der Waals surface area (Å²) in [6.45, 7) is 7.04. The van der Waals surface area contributed by atoms with Gasteiger partial charge in [-0.3, -0.25) is 14.5 Å². The second kappa shape index (κ2) is 11.5. The zero-order valence-electron chi connectivity index (χ0n) is 20.5. The van der Waals surface area contributed by atoms with E-state index in [2.05, 4.69) is 4.90 Å². The fourth-order valence-electron chi connectivity index (χ4n) is 5.42. The molecule has 2 aromatic rings. The van der Waals surface area contributed by atoms with Crippen molar-refractivity contribution in [3.05, 3.63) is 70.0 Å². The Labute approximate surface area is 212 Å². The molecule has 4 rings (SSSR count). The number of rotatable bonds is 6. The second-order valence-electron chi connectivity index (χ2n) is 9.80. The zero-order valence-corrected chi connectivity index (χ0v) is 21.3. The number of carbonyl (C=O) groups is 2. The van der Waals surface area contributed by atoms with Crippen LogP contribution in [0.2, 0.25) is 5.02 Å². The molecule has 0 bridgehead atoms. The molecule has 0 aliphatic carbocycles. The second-order valence-corrected chi connectivity index (χ2v) is 10.2. The summed E-state index contributed by atoms with van der Waals surface area (Å²) in [5.74, 6) is -0.706. The Morgan fingerprint density at radius 3 is 2.66 bits per heavy atom. The smallest absolute Gasteiger partial charge is 0.310 e. The van der Waals surface area contributed by atoms with Crippen LogP contribution in [0, 0.1) is 24.6 Å². The molecule has 0 radical (unpaired) electrons. The van der Waals surface area contributed by atoms with Gasteiger partial charge in [-0.1, -0.05) is 41.9 Å². The lowest BCUT2D eigenvalue weighted by atomic mass is 9.82. The Kier molecular flexibility index (Phi) is 8.45. The third-order valence-corrected chi connectivity index (χ3v) is 7.60. The molecule has 5 nitrogen and oxygen atoms in total. The van der Waals surface area contributed by atoms with Gasteiger partial charge >= 0.3 is 5.97 Å². The van der Waals surface area contributed by atoms with Crippen LogP contribution in [0.3, 0.4) is 0 Å². The van der Waals surface area contributed by atoms with Gasteiger partial charge in [-0.15, -0.1) is 0 Å². The van der Waals surface area contributed by atoms with Crippen LogP contribution in [0.1, 0.15) is 48.8 Å². The molecule has 0 saturated carbocycles. The normalized spacial score (nSPS) is 23.2. The Bertz CT molecular complexity index is 1060. The van der Waals surface area contributed by atoms with Gasteiger partial charge in [-0.25, -0.2) is 4.39 Å². The number of esters is 1.